The van der Waals surface area contributed by atoms with Gasteiger partial charge in [-0.15, -0.1) is 0 Å². The van der Waals surface area contributed by atoms with Crippen LogP contribution in [-0.2, 0) is 5.41 Å². The first-order chi connectivity index (χ1) is 17.6. The summed E-state index contributed by atoms with van der Waals surface area (Å²) in [5, 5.41) is 42.0. The van der Waals surface area contributed by atoms with Crippen molar-refractivity contribution in [2.24, 2.45) is 0 Å². The maximum atomic E-state index is 11.0. The SMILES string of the molecule is CC(C)(c1ccccc1)c1cc(Oc2ccc([N+](=O)[O-])c(O)c2)ccc1Oc1ccc([N+](=O)[O-])c(O)c1. The minimum atomic E-state index is -0.693. The first-order valence-corrected chi connectivity index (χ1v) is 11.1. The smallest absolute Gasteiger partial charge is 0.310 e. The number of nitrogens with zero attached hydrogens (tertiary/aromatic N) is 2. The van der Waals surface area contributed by atoms with E-state index >= 15 is 0 Å². The number of phenols is 2. The van der Waals surface area contributed by atoms with E-state index in [2.05, 4.69) is 0 Å². The van der Waals surface area contributed by atoms with Gasteiger partial charge in [0.05, 0.1) is 9.85 Å². The van der Waals surface area contributed by atoms with Crippen molar-refractivity contribution >= 4 is 11.4 Å². The lowest BCUT2D eigenvalue weighted by molar-refractivity contribution is -0.386. The molecule has 0 saturated heterocycles. The molecular weight excluding hydrogens is 480 g/mol. The second-order valence-corrected chi connectivity index (χ2v) is 8.67. The summed E-state index contributed by atoms with van der Waals surface area (Å²) in [6.45, 7) is 3.97. The minimum absolute atomic E-state index is 0.195. The van der Waals surface area contributed by atoms with Crippen molar-refractivity contribution in [1.29, 1.82) is 0 Å². The summed E-state index contributed by atoms with van der Waals surface area (Å²) in [6, 6.07) is 22.1. The molecule has 0 aliphatic rings. The van der Waals surface area contributed by atoms with Gasteiger partial charge in [0.15, 0.2) is 11.5 Å². The van der Waals surface area contributed by atoms with E-state index in [-0.39, 0.29) is 11.5 Å². The number of nitro benzene ring substituents is 2. The number of ether oxygens (including phenoxy) is 2. The van der Waals surface area contributed by atoms with Gasteiger partial charge in [-0.05, 0) is 35.9 Å². The minimum Gasteiger partial charge on any atom is -0.502 e. The third-order valence-electron chi connectivity index (χ3n) is 5.87. The summed E-state index contributed by atoms with van der Waals surface area (Å²) < 4.78 is 11.9. The van der Waals surface area contributed by atoms with Crippen molar-refractivity contribution in [2.45, 2.75) is 19.3 Å². The lowest BCUT2D eigenvalue weighted by Gasteiger charge is -2.28. The summed E-state index contributed by atoms with van der Waals surface area (Å²) in [4.78, 5) is 20.6. The van der Waals surface area contributed by atoms with Gasteiger partial charge in [-0.25, -0.2) is 0 Å². The van der Waals surface area contributed by atoms with E-state index in [1.807, 2.05) is 44.2 Å². The Morgan fingerprint density at radius 1 is 0.676 bits per heavy atom. The number of hydrogen-bond donors (Lipinski definition) is 2. The largest absolute Gasteiger partial charge is 0.502 e. The standard InChI is InChI=1S/C27H22N2O8/c1-27(2,17-6-4-3-5-7-17)21-14-18(36-19-8-11-22(28(32)33)24(30)15-19)10-13-26(21)37-20-9-12-23(29(34)35)25(31)16-20/h3-16,30-31H,1-2H3. The van der Waals surface area contributed by atoms with Crippen LogP contribution in [0.15, 0.2) is 84.9 Å². The molecule has 10 nitrogen and oxygen atoms in total. The van der Waals surface area contributed by atoms with Crippen LogP contribution in [0.25, 0.3) is 0 Å². The Balaban J connectivity index is 1.75. The van der Waals surface area contributed by atoms with Gasteiger partial charge in [0.2, 0.25) is 0 Å². The Bertz CT molecular complexity index is 1490. The first-order valence-electron chi connectivity index (χ1n) is 11.1. The Hall–Kier alpha value is -5.12. The van der Waals surface area contributed by atoms with Crippen LogP contribution in [0.4, 0.5) is 11.4 Å². The molecule has 0 aromatic heterocycles. The van der Waals surface area contributed by atoms with Crippen molar-refractivity contribution in [3.05, 3.63) is 116 Å². The van der Waals surface area contributed by atoms with E-state index in [0.29, 0.717) is 17.1 Å². The highest BCUT2D eigenvalue weighted by Crippen LogP contribution is 2.43. The van der Waals surface area contributed by atoms with Crippen molar-refractivity contribution in [3.8, 4) is 34.5 Å². The van der Waals surface area contributed by atoms with Crippen LogP contribution in [0.5, 0.6) is 34.5 Å². The van der Waals surface area contributed by atoms with E-state index < -0.39 is 38.1 Å². The first kappa shape index (κ1) is 25.0. The van der Waals surface area contributed by atoms with E-state index in [0.717, 1.165) is 23.8 Å². The van der Waals surface area contributed by atoms with E-state index in [4.69, 9.17) is 9.47 Å². The maximum Gasteiger partial charge on any atom is 0.310 e. The number of hydrogen-bond acceptors (Lipinski definition) is 8. The Morgan fingerprint density at radius 2 is 1.16 bits per heavy atom. The Morgan fingerprint density at radius 3 is 1.68 bits per heavy atom. The molecule has 4 rings (SSSR count). The molecule has 0 aliphatic heterocycles. The van der Waals surface area contributed by atoms with Gasteiger partial charge < -0.3 is 19.7 Å². The van der Waals surface area contributed by atoms with Crippen molar-refractivity contribution in [3.63, 3.8) is 0 Å². The molecule has 188 valence electrons. The molecule has 37 heavy (non-hydrogen) atoms. The van der Waals surface area contributed by atoms with Gasteiger partial charge in [0.1, 0.15) is 23.0 Å². The van der Waals surface area contributed by atoms with Gasteiger partial charge in [0.25, 0.3) is 0 Å². The lowest BCUT2D eigenvalue weighted by atomic mass is 9.77. The topological polar surface area (TPSA) is 145 Å². The van der Waals surface area contributed by atoms with Crippen LogP contribution in [-0.4, -0.2) is 20.1 Å². The monoisotopic (exact) mass is 502 g/mol. The predicted molar refractivity (Wildman–Crippen MR) is 135 cm³/mol. The van der Waals surface area contributed by atoms with E-state index in [1.165, 1.54) is 18.2 Å². The summed E-state index contributed by atoms with van der Waals surface area (Å²) in [6.07, 6.45) is 0. The van der Waals surface area contributed by atoms with Gasteiger partial charge in [-0.1, -0.05) is 44.2 Å². The highest BCUT2D eigenvalue weighted by Gasteiger charge is 2.28. The van der Waals surface area contributed by atoms with E-state index in [9.17, 15) is 30.4 Å². The molecule has 10 heteroatoms. The van der Waals surface area contributed by atoms with E-state index in [1.54, 1.807) is 18.2 Å². The quantitative estimate of drug-likeness (QED) is 0.197. The third kappa shape index (κ3) is 5.27. The van der Waals surface area contributed by atoms with Crippen molar-refractivity contribution in [1.82, 2.24) is 0 Å². The number of nitro groups is 2. The van der Waals surface area contributed by atoms with Crippen LogP contribution < -0.4 is 9.47 Å². The number of phenolic OH excluding ortho intramolecular Hbond substituents is 2. The van der Waals surface area contributed by atoms with Crippen molar-refractivity contribution < 1.29 is 29.5 Å². The molecule has 0 amide bonds. The molecule has 4 aromatic carbocycles. The lowest BCUT2D eigenvalue weighted by Crippen LogP contribution is -2.19. The fourth-order valence-electron chi connectivity index (χ4n) is 3.87. The summed E-state index contributed by atoms with van der Waals surface area (Å²) >= 11 is 0. The highest BCUT2D eigenvalue weighted by atomic mass is 16.6. The van der Waals surface area contributed by atoms with Gasteiger partial charge in [-0.2, -0.15) is 0 Å². The average Bonchev–Trinajstić information content (AvgIpc) is 2.85. The van der Waals surface area contributed by atoms with Gasteiger partial charge in [0, 0.05) is 35.2 Å². The zero-order valence-corrected chi connectivity index (χ0v) is 19.8. The fraction of sp³-hybridized carbons (Fsp3) is 0.111. The fourth-order valence-corrected chi connectivity index (χ4v) is 3.87. The van der Waals surface area contributed by atoms with Gasteiger partial charge >= 0.3 is 11.4 Å². The molecule has 0 spiro atoms. The van der Waals surface area contributed by atoms with Crippen molar-refractivity contribution in [2.75, 3.05) is 0 Å². The molecule has 0 bridgehead atoms. The molecule has 0 fully saturated rings. The molecule has 0 atom stereocenters. The number of aromatic hydroxyl groups is 2. The van der Waals surface area contributed by atoms with Gasteiger partial charge in [-0.3, -0.25) is 20.2 Å². The molecular formula is C27H22N2O8. The molecule has 0 aliphatic carbocycles. The summed E-state index contributed by atoms with van der Waals surface area (Å²) in [7, 11) is 0. The zero-order chi connectivity index (χ0) is 26.7. The van der Waals surface area contributed by atoms with Crippen LogP contribution in [0, 0.1) is 20.2 Å². The number of benzene rings is 4. The van der Waals surface area contributed by atoms with Crippen LogP contribution in [0.2, 0.25) is 0 Å². The Labute approximate surface area is 211 Å². The zero-order valence-electron chi connectivity index (χ0n) is 19.8. The maximum absolute atomic E-state index is 11.0. The molecule has 2 N–H and O–H groups in total. The highest BCUT2D eigenvalue weighted by molar-refractivity contribution is 5.55. The number of rotatable bonds is 8. The normalized spacial score (nSPS) is 11.1. The molecule has 0 saturated carbocycles. The van der Waals surface area contributed by atoms with Crippen LogP contribution >= 0.6 is 0 Å². The molecule has 4 aromatic rings. The second-order valence-electron chi connectivity index (χ2n) is 8.67. The van der Waals surface area contributed by atoms with Crippen LogP contribution in [0.3, 0.4) is 0 Å². The predicted octanol–water partition coefficient (Wildman–Crippen LogP) is 6.82. The molecule has 0 unspecified atom stereocenters. The molecule has 0 radical (unpaired) electrons. The third-order valence-corrected chi connectivity index (χ3v) is 5.87. The second kappa shape index (κ2) is 9.86. The molecule has 0 heterocycles. The van der Waals surface area contributed by atoms with Crippen LogP contribution in [0.1, 0.15) is 25.0 Å². The average molecular weight is 502 g/mol. The summed E-state index contributed by atoms with van der Waals surface area (Å²) in [5.41, 5.74) is 0.188. The summed E-state index contributed by atoms with van der Waals surface area (Å²) in [5.74, 6) is 0.143. The Kier molecular flexibility index (Phi) is 6.66.